The van der Waals surface area contributed by atoms with Crippen LogP contribution in [0.15, 0.2) is 64.6 Å². The SMILES string of the molecule is CCC(C)CC(=O)OC1C(CO)OC(OC2C(CO)OC(Oc3ccc(CC(NC(=O)C(N)C(C)c4ccccc4)C(=O)NC(C(=O)NC(C(=O)NC(C=O)CO)C(O)C4CN=C(N)N4C4OC(CO)C(O)C(O)C4O)C(O)C4CN=C(N)N4)cc3)C(O)C2O)C(O)C1O. The molecule has 5 aliphatic heterocycles. The van der Waals surface area contributed by atoms with Crippen LogP contribution in [0.3, 0.4) is 0 Å². The minimum Gasteiger partial charge on any atom is -0.462 e. The fourth-order valence-electron chi connectivity index (χ4n) is 11.2. The summed E-state index contributed by atoms with van der Waals surface area (Å²) in [4.78, 5) is 91.7. The third-order valence-corrected chi connectivity index (χ3v) is 17.2. The summed E-state index contributed by atoms with van der Waals surface area (Å²) in [6, 6.07) is 2.08. The van der Waals surface area contributed by atoms with Gasteiger partial charge in [0.15, 0.2) is 30.5 Å². The Bertz CT molecular complexity index is 2910. The number of rotatable bonds is 30. The first-order valence-corrected chi connectivity index (χ1v) is 30.5. The van der Waals surface area contributed by atoms with E-state index in [1.54, 1.807) is 44.2 Å². The smallest absolute Gasteiger partial charge is 0.306 e. The molecule has 5 heterocycles. The van der Waals surface area contributed by atoms with Crippen molar-refractivity contribution in [2.45, 2.75) is 193 Å². The summed E-state index contributed by atoms with van der Waals surface area (Å²) in [5.74, 6) is -7.02. The number of nitrogens with two attached hydrogens (primary N) is 3. The van der Waals surface area contributed by atoms with Gasteiger partial charge in [-0.05, 0) is 29.2 Å². The van der Waals surface area contributed by atoms with Crippen molar-refractivity contribution in [2.75, 3.05) is 39.5 Å². The highest BCUT2D eigenvalue weighted by Crippen LogP contribution is 2.33. The molecule has 2 aromatic rings. The fourth-order valence-corrected chi connectivity index (χ4v) is 11.2. The van der Waals surface area contributed by atoms with E-state index in [9.17, 15) is 95.2 Å². The molecule has 94 heavy (non-hydrogen) atoms. The summed E-state index contributed by atoms with van der Waals surface area (Å²) < 4.78 is 34.2. The number of ether oxygens (including phenoxy) is 6. The standard InChI is InChI=1S/C58H87N11O25/c1-4-23(2)14-35(75)93-48-33(21-73)92-56(47(84)43(48)80)94-49-34(22-74)91-55(46(83)44(49)81)89-28-12-10-25(11-13-28)15-29(65-51(86)36(59)24(3)26-8-6-5-7-9-26)50(85)67-37(39(76)30-16-62-57(60)66-30)53(88)68-38(52(87)64-27(18-70)19-71)40(77)31-17-63-58(61)69(31)54-45(82)42(79)41(78)32(20-72)90-54/h5-13,18,23-24,27,29-34,36-49,54-56,71-74,76-84H,4,14-17,19-22,59H2,1-3H3,(H2,61,63)(H,64,87)(H,65,86)(H,67,85)(H,68,88)(H3,60,62,66). The molecule has 5 aliphatic rings. The monoisotopic (exact) mass is 1340 g/mol. The molecule has 24 N–H and O–H groups in total. The summed E-state index contributed by atoms with van der Waals surface area (Å²) in [7, 11) is 0. The van der Waals surface area contributed by atoms with Gasteiger partial charge in [0.05, 0.1) is 57.6 Å². The minimum absolute atomic E-state index is 0.0278. The van der Waals surface area contributed by atoms with Gasteiger partial charge in [0.25, 0.3) is 0 Å². The molecule has 4 amide bonds. The van der Waals surface area contributed by atoms with Crippen LogP contribution in [0.4, 0.5) is 0 Å². The molecule has 0 aromatic heterocycles. The van der Waals surface area contributed by atoms with Gasteiger partial charge in [-0.15, -0.1) is 0 Å². The van der Waals surface area contributed by atoms with Crippen LogP contribution >= 0.6 is 0 Å². The number of carbonyl (C=O) groups excluding carboxylic acids is 6. The van der Waals surface area contributed by atoms with E-state index in [2.05, 4.69) is 36.6 Å². The van der Waals surface area contributed by atoms with E-state index in [0.29, 0.717) is 12.0 Å². The van der Waals surface area contributed by atoms with Crippen molar-refractivity contribution in [3.63, 3.8) is 0 Å². The molecular weight excluding hydrogens is 1250 g/mol. The first-order chi connectivity index (χ1) is 44.7. The molecule has 26 unspecified atom stereocenters. The number of aldehydes is 1. The number of esters is 1. The third kappa shape index (κ3) is 17.6. The van der Waals surface area contributed by atoms with E-state index in [-0.39, 0.29) is 42.4 Å². The largest absolute Gasteiger partial charge is 0.462 e. The number of guanidine groups is 2. The number of benzene rings is 2. The Hall–Kier alpha value is -6.92. The van der Waals surface area contributed by atoms with Gasteiger partial charge in [0.1, 0.15) is 116 Å². The van der Waals surface area contributed by atoms with E-state index in [1.807, 2.05) is 6.92 Å². The first kappa shape index (κ1) is 74.5. The third-order valence-electron chi connectivity index (χ3n) is 17.2. The van der Waals surface area contributed by atoms with Crippen LogP contribution in [-0.2, 0) is 58.9 Å². The Kier molecular flexibility index (Phi) is 26.7. The van der Waals surface area contributed by atoms with Crippen molar-refractivity contribution in [1.29, 1.82) is 0 Å². The Morgan fingerprint density at radius 1 is 0.691 bits per heavy atom. The number of amides is 4. The molecule has 0 aliphatic carbocycles. The Balaban J connectivity index is 1.12. The van der Waals surface area contributed by atoms with Crippen LogP contribution in [0.1, 0.15) is 50.7 Å². The molecule has 0 saturated carbocycles. The van der Waals surface area contributed by atoms with Crippen LogP contribution in [0, 0.1) is 5.92 Å². The van der Waals surface area contributed by atoms with E-state index >= 15 is 0 Å². The molecule has 36 heteroatoms. The number of hydrogen-bond acceptors (Lipinski definition) is 32. The maximum atomic E-state index is 14.9. The van der Waals surface area contributed by atoms with E-state index in [0.717, 1.165) is 4.90 Å². The number of aliphatic imine (C=N–C) groups is 2. The second kappa shape index (κ2) is 33.6. The summed E-state index contributed by atoms with van der Waals surface area (Å²) in [6.07, 6.45) is -30.5. The molecule has 0 spiro atoms. The molecule has 0 bridgehead atoms. The number of aliphatic hydroxyl groups is 13. The minimum atomic E-state index is -2.26. The Morgan fingerprint density at radius 2 is 1.29 bits per heavy atom. The van der Waals surface area contributed by atoms with Gasteiger partial charge in [0.2, 0.25) is 29.9 Å². The average molecular weight is 1340 g/mol. The number of nitrogens with zero attached hydrogens (tertiary/aromatic N) is 3. The topological polar surface area (TPSA) is 587 Å². The summed E-state index contributed by atoms with van der Waals surface area (Å²) in [5.41, 5.74) is 19.5. The molecule has 36 nitrogen and oxygen atoms in total. The summed E-state index contributed by atoms with van der Waals surface area (Å²) in [5, 5.41) is 154. The first-order valence-electron chi connectivity index (χ1n) is 30.5. The van der Waals surface area contributed by atoms with Crippen LogP contribution in [-0.4, -0.2) is 305 Å². The zero-order valence-corrected chi connectivity index (χ0v) is 51.4. The Morgan fingerprint density at radius 3 is 1.89 bits per heavy atom. The highest BCUT2D eigenvalue weighted by Gasteiger charge is 2.54. The predicted molar refractivity (Wildman–Crippen MR) is 320 cm³/mol. The van der Waals surface area contributed by atoms with Gasteiger partial charge in [-0.25, -0.2) is 0 Å². The van der Waals surface area contributed by atoms with Crippen LogP contribution < -0.4 is 48.5 Å². The highest BCUT2D eigenvalue weighted by molar-refractivity contribution is 5.96. The van der Waals surface area contributed by atoms with E-state index < -0.39 is 227 Å². The molecule has 3 fully saturated rings. The normalized spacial score (nSPS) is 32.3. The van der Waals surface area contributed by atoms with Crippen molar-refractivity contribution < 1.29 is 124 Å². The molecule has 3 saturated heterocycles. The summed E-state index contributed by atoms with van der Waals surface area (Å²) >= 11 is 0. The van der Waals surface area contributed by atoms with Crippen molar-refractivity contribution in [3.05, 3.63) is 65.7 Å². The second-order valence-corrected chi connectivity index (χ2v) is 23.7. The van der Waals surface area contributed by atoms with E-state index in [4.69, 9.17) is 45.6 Å². The van der Waals surface area contributed by atoms with Gasteiger partial charge in [-0.3, -0.25) is 34.0 Å². The number of carbonyl (C=O) groups is 6. The van der Waals surface area contributed by atoms with Crippen molar-refractivity contribution in [2.24, 2.45) is 33.1 Å². The molecule has 26 atom stereocenters. The van der Waals surface area contributed by atoms with Crippen molar-refractivity contribution >= 4 is 47.8 Å². The molecular formula is C58H87N11O25. The second-order valence-electron chi connectivity index (χ2n) is 23.7. The quantitative estimate of drug-likeness (QED) is 0.0255. The lowest BCUT2D eigenvalue weighted by molar-refractivity contribution is -0.353. The maximum Gasteiger partial charge on any atom is 0.306 e. The zero-order chi connectivity index (χ0) is 69.0. The average Bonchev–Trinajstić information content (AvgIpc) is 1.45. The van der Waals surface area contributed by atoms with Gasteiger partial charge >= 0.3 is 5.97 Å². The molecule has 7 rings (SSSR count). The zero-order valence-electron chi connectivity index (χ0n) is 51.4. The Labute approximate surface area is 538 Å². The molecule has 0 radical (unpaired) electrons. The van der Waals surface area contributed by atoms with Gasteiger partial charge in [0, 0.05) is 18.8 Å². The number of hydrogen-bond donors (Lipinski definition) is 21. The van der Waals surface area contributed by atoms with Crippen LogP contribution in [0.25, 0.3) is 0 Å². The van der Waals surface area contributed by atoms with Gasteiger partial charge in [-0.1, -0.05) is 69.7 Å². The maximum absolute atomic E-state index is 14.9. The lowest BCUT2D eigenvalue weighted by atomic mass is 9.93. The van der Waals surface area contributed by atoms with Crippen molar-refractivity contribution in [3.8, 4) is 5.75 Å². The lowest BCUT2D eigenvalue weighted by Crippen LogP contribution is -2.70. The van der Waals surface area contributed by atoms with E-state index in [1.165, 1.54) is 24.3 Å². The van der Waals surface area contributed by atoms with Gasteiger partial charge in [-0.2, -0.15) is 0 Å². The van der Waals surface area contributed by atoms with Crippen molar-refractivity contribution in [1.82, 2.24) is 31.5 Å². The highest BCUT2D eigenvalue weighted by atomic mass is 16.7. The van der Waals surface area contributed by atoms with Crippen LogP contribution in [0.2, 0.25) is 0 Å². The van der Waals surface area contributed by atoms with Crippen LogP contribution in [0.5, 0.6) is 5.75 Å². The summed E-state index contributed by atoms with van der Waals surface area (Å²) in [6.45, 7) is 0.926. The predicted octanol–water partition coefficient (Wildman–Crippen LogP) is -10.7. The molecule has 524 valence electrons. The number of nitrogens with one attached hydrogen (secondary N) is 5. The van der Waals surface area contributed by atoms with Gasteiger partial charge < -0.3 is 148 Å². The molecule has 2 aromatic carbocycles. The fraction of sp³-hybridized carbons (Fsp3) is 0.655. The lowest BCUT2D eigenvalue weighted by Gasteiger charge is -2.46. The number of aliphatic hydroxyl groups excluding tert-OH is 13.